The maximum Gasteiger partial charge on any atom is 0.350 e. The van der Waals surface area contributed by atoms with Gasteiger partial charge in [-0.25, -0.2) is 4.79 Å². The maximum atomic E-state index is 12.2. The molecule has 0 unspecified atom stereocenters. The zero-order chi connectivity index (χ0) is 18.0. The van der Waals surface area contributed by atoms with Crippen LogP contribution >= 0.6 is 46.1 Å². The molecule has 0 bridgehead atoms. The minimum Gasteiger partial charge on any atom is -0.451 e. The van der Waals surface area contributed by atoms with Gasteiger partial charge in [-0.3, -0.25) is 4.79 Å². The molecule has 0 aliphatic carbocycles. The first-order valence-electron chi connectivity index (χ1n) is 7.05. The summed E-state index contributed by atoms with van der Waals surface area (Å²) in [4.78, 5) is 24.4. The highest BCUT2D eigenvalue weighted by Gasteiger charge is 2.19. The molecule has 1 heterocycles. The lowest BCUT2D eigenvalue weighted by Gasteiger charge is -2.08. The van der Waals surface area contributed by atoms with E-state index in [-0.39, 0.29) is 4.88 Å². The number of ether oxygens (including phenoxy) is 1. The molecular weight excluding hydrogens is 405 g/mol. The van der Waals surface area contributed by atoms with Crippen LogP contribution in [-0.2, 0) is 9.53 Å². The van der Waals surface area contributed by atoms with Crippen molar-refractivity contribution >= 4 is 73.8 Å². The van der Waals surface area contributed by atoms with Crippen LogP contribution < -0.4 is 5.32 Å². The number of thiophene rings is 1. The predicted molar refractivity (Wildman–Crippen MR) is 102 cm³/mol. The van der Waals surface area contributed by atoms with Gasteiger partial charge in [0.2, 0.25) is 0 Å². The fraction of sp³-hybridized carbons (Fsp3) is 0.0588. The molecule has 0 saturated heterocycles. The smallest absolute Gasteiger partial charge is 0.350 e. The van der Waals surface area contributed by atoms with Crippen molar-refractivity contribution in [1.82, 2.24) is 0 Å². The van der Waals surface area contributed by atoms with Crippen LogP contribution in [0.25, 0.3) is 10.1 Å². The number of hydrogen-bond donors (Lipinski definition) is 1. The van der Waals surface area contributed by atoms with E-state index in [1.165, 1.54) is 17.4 Å². The second-order valence-corrected chi connectivity index (χ2v) is 7.26. The summed E-state index contributed by atoms with van der Waals surface area (Å²) in [7, 11) is 0. The van der Waals surface area contributed by atoms with Gasteiger partial charge in [-0.1, -0.05) is 53.0 Å². The topological polar surface area (TPSA) is 55.4 Å². The molecule has 1 aromatic heterocycles. The van der Waals surface area contributed by atoms with Gasteiger partial charge in [0.1, 0.15) is 4.88 Å². The summed E-state index contributed by atoms with van der Waals surface area (Å²) >= 11 is 19.3. The molecule has 0 saturated carbocycles. The molecule has 0 atom stereocenters. The number of anilines is 1. The third-order valence-corrected chi connectivity index (χ3v) is 5.48. The molecule has 3 aromatic rings. The third-order valence-electron chi connectivity index (χ3n) is 3.26. The highest BCUT2D eigenvalue weighted by molar-refractivity contribution is 7.21. The standard InChI is InChI=1S/C17H10Cl3NO3S/c18-9-5-6-11(19)12(7-9)21-14(22)8-24-17(23)16-15(20)10-3-1-2-4-13(10)25-16/h1-7H,8H2,(H,21,22). The molecule has 0 aliphatic rings. The Hall–Kier alpha value is -1.79. The number of esters is 1. The van der Waals surface area contributed by atoms with Crippen molar-refractivity contribution in [1.29, 1.82) is 0 Å². The van der Waals surface area contributed by atoms with Gasteiger partial charge >= 0.3 is 5.97 Å². The Balaban J connectivity index is 1.66. The van der Waals surface area contributed by atoms with Crippen LogP contribution in [0.5, 0.6) is 0 Å². The highest BCUT2D eigenvalue weighted by atomic mass is 35.5. The summed E-state index contributed by atoms with van der Waals surface area (Å²) in [6.45, 7) is -0.466. The first kappa shape index (κ1) is 18.0. The monoisotopic (exact) mass is 413 g/mol. The predicted octanol–water partition coefficient (Wildman–Crippen LogP) is 5.66. The molecule has 0 fully saturated rings. The number of nitrogens with one attached hydrogen (secondary N) is 1. The lowest BCUT2D eigenvalue weighted by Crippen LogP contribution is -2.20. The minimum absolute atomic E-state index is 0.261. The first-order chi connectivity index (χ1) is 12.0. The average molecular weight is 415 g/mol. The normalized spacial score (nSPS) is 10.7. The Morgan fingerprint density at radius 1 is 1.08 bits per heavy atom. The van der Waals surface area contributed by atoms with E-state index < -0.39 is 18.5 Å². The zero-order valence-electron chi connectivity index (χ0n) is 12.5. The molecule has 128 valence electrons. The van der Waals surface area contributed by atoms with Crippen molar-refractivity contribution < 1.29 is 14.3 Å². The van der Waals surface area contributed by atoms with E-state index in [0.29, 0.717) is 20.8 Å². The molecule has 2 aromatic carbocycles. The molecule has 3 rings (SSSR count). The number of hydrogen-bond acceptors (Lipinski definition) is 4. The number of benzene rings is 2. The third kappa shape index (κ3) is 4.07. The Labute approximate surface area is 162 Å². The fourth-order valence-electron chi connectivity index (χ4n) is 2.12. The molecule has 1 amide bonds. The summed E-state index contributed by atoms with van der Waals surface area (Å²) < 4.78 is 5.91. The second kappa shape index (κ2) is 7.62. The van der Waals surface area contributed by atoms with Gasteiger partial charge in [-0.05, 0) is 24.3 Å². The van der Waals surface area contributed by atoms with Gasteiger partial charge in [0.05, 0.1) is 15.7 Å². The fourth-order valence-corrected chi connectivity index (χ4v) is 3.86. The quantitative estimate of drug-likeness (QED) is 0.561. The molecule has 25 heavy (non-hydrogen) atoms. The van der Waals surface area contributed by atoms with Crippen molar-refractivity contribution in [3.05, 3.63) is 62.4 Å². The summed E-state index contributed by atoms with van der Waals surface area (Å²) in [6, 6.07) is 12.0. The number of carbonyl (C=O) groups is 2. The Bertz CT molecular complexity index is 971. The maximum absolute atomic E-state index is 12.2. The number of carbonyl (C=O) groups excluding carboxylic acids is 2. The lowest BCUT2D eigenvalue weighted by atomic mass is 10.2. The summed E-state index contributed by atoms with van der Waals surface area (Å²) in [5.41, 5.74) is 0.343. The number of halogens is 3. The molecule has 0 aliphatic heterocycles. The average Bonchev–Trinajstić information content (AvgIpc) is 2.93. The van der Waals surface area contributed by atoms with E-state index in [0.717, 1.165) is 10.1 Å². The van der Waals surface area contributed by atoms with Gasteiger partial charge in [-0.2, -0.15) is 0 Å². The second-order valence-electron chi connectivity index (χ2n) is 4.99. The minimum atomic E-state index is -0.654. The van der Waals surface area contributed by atoms with E-state index in [4.69, 9.17) is 39.5 Å². The number of amides is 1. The highest BCUT2D eigenvalue weighted by Crippen LogP contribution is 2.35. The van der Waals surface area contributed by atoms with Crippen LogP contribution in [0.4, 0.5) is 5.69 Å². The van der Waals surface area contributed by atoms with Gasteiger partial charge in [0.25, 0.3) is 5.91 Å². The van der Waals surface area contributed by atoms with Crippen molar-refractivity contribution in [3.63, 3.8) is 0 Å². The SMILES string of the molecule is O=C(COC(=O)c1sc2ccccc2c1Cl)Nc1cc(Cl)ccc1Cl. The van der Waals surface area contributed by atoms with Gasteiger partial charge in [0, 0.05) is 15.1 Å². The first-order valence-corrected chi connectivity index (χ1v) is 9.00. The van der Waals surface area contributed by atoms with Gasteiger partial charge < -0.3 is 10.1 Å². The van der Waals surface area contributed by atoms with E-state index in [1.807, 2.05) is 24.3 Å². The molecular formula is C17H10Cl3NO3S. The zero-order valence-corrected chi connectivity index (χ0v) is 15.6. The van der Waals surface area contributed by atoms with E-state index in [1.54, 1.807) is 12.1 Å². The molecule has 0 spiro atoms. The van der Waals surface area contributed by atoms with Crippen molar-refractivity contribution in [2.24, 2.45) is 0 Å². The Morgan fingerprint density at radius 2 is 1.84 bits per heavy atom. The number of rotatable bonds is 4. The van der Waals surface area contributed by atoms with Crippen molar-refractivity contribution in [2.45, 2.75) is 0 Å². The Kier molecular flexibility index (Phi) is 5.49. The van der Waals surface area contributed by atoms with Crippen molar-refractivity contribution in [3.8, 4) is 0 Å². The van der Waals surface area contributed by atoms with Crippen LogP contribution in [0.2, 0.25) is 15.1 Å². The summed E-state index contributed by atoms with van der Waals surface area (Å²) in [6.07, 6.45) is 0. The van der Waals surface area contributed by atoms with Crippen LogP contribution in [0.1, 0.15) is 9.67 Å². The van der Waals surface area contributed by atoms with Crippen molar-refractivity contribution in [2.75, 3.05) is 11.9 Å². The van der Waals surface area contributed by atoms with Crippen LogP contribution in [0.3, 0.4) is 0 Å². The molecule has 8 heteroatoms. The van der Waals surface area contributed by atoms with E-state index >= 15 is 0 Å². The largest absolute Gasteiger partial charge is 0.451 e. The lowest BCUT2D eigenvalue weighted by molar-refractivity contribution is -0.119. The summed E-state index contributed by atoms with van der Waals surface area (Å²) in [5, 5.41) is 4.39. The van der Waals surface area contributed by atoms with Crippen LogP contribution in [-0.4, -0.2) is 18.5 Å². The molecule has 1 N–H and O–H groups in total. The van der Waals surface area contributed by atoms with Crippen LogP contribution in [0.15, 0.2) is 42.5 Å². The van der Waals surface area contributed by atoms with Gasteiger partial charge in [0.15, 0.2) is 6.61 Å². The van der Waals surface area contributed by atoms with Gasteiger partial charge in [-0.15, -0.1) is 11.3 Å². The van der Waals surface area contributed by atoms with E-state index in [9.17, 15) is 9.59 Å². The summed E-state index contributed by atoms with van der Waals surface area (Å²) in [5.74, 6) is -1.19. The number of fused-ring (bicyclic) bond motifs is 1. The Morgan fingerprint density at radius 3 is 2.60 bits per heavy atom. The van der Waals surface area contributed by atoms with E-state index in [2.05, 4.69) is 5.32 Å². The van der Waals surface area contributed by atoms with Crippen LogP contribution in [0, 0.1) is 0 Å². The molecule has 4 nitrogen and oxygen atoms in total. The molecule has 0 radical (unpaired) electrons.